The predicted octanol–water partition coefficient (Wildman–Crippen LogP) is 4.50. The van der Waals surface area contributed by atoms with Crippen LogP contribution in [0.3, 0.4) is 0 Å². The molecule has 7 heteroatoms. The third-order valence-electron chi connectivity index (χ3n) is 5.21. The second kappa shape index (κ2) is 8.17. The molecule has 1 saturated heterocycles. The lowest BCUT2D eigenvalue weighted by Gasteiger charge is -2.36. The largest absolute Gasteiger partial charge is 0.365 e. The third kappa shape index (κ3) is 4.07. The molecule has 1 aliphatic heterocycles. The molecule has 29 heavy (non-hydrogen) atoms. The molecule has 4 rings (SSSR count). The van der Waals surface area contributed by atoms with E-state index in [-0.39, 0.29) is 6.03 Å². The number of amides is 2. The predicted molar refractivity (Wildman–Crippen MR) is 117 cm³/mol. The number of nitrogens with one attached hydrogen (secondary N) is 1. The highest BCUT2D eigenvalue weighted by Crippen LogP contribution is 2.28. The van der Waals surface area contributed by atoms with E-state index in [0.29, 0.717) is 23.8 Å². The molecule has 2 aromatic carbocycles. The fourth-order valence-corrected chi connectivity index (χ4v) is 4.00. The molecular formula is C22H24ClN5O. The Morgan fingerprint density at radius 1 is 1.00 bits per heavy atom. The first-order valence-electron chi connectivity index (χ1n) is 9.71. The number of carbonyl (C=O) groups is 1. The number of hydrogen-bond acceptors (Lipinski definition) is 3. The maximum atomic E-state index is 12.6. The normalized spacial score (nSPS) is 14.2. The zero-order valence-electron chi connectivity index (χ0n) is 16.6. The van der Waals surface area contributed by atoms with E-state index in [0.717, 1.165) is 35.9 Å². The zero-order chi connectivity index (χ0) is 20.4. The number of halogens is 1. The number of urea groups is 1. The Kier molecular flexibility index (Phi) is 5.45. The van der Waals surface area contributed by atoms with Crippen molar-refractivity contribution < 1.29 is 4.79 Å². The molecule has 0 atom stereocenters. The Morgan fingerprint density at radius 2 is 1.72 bits per heavy atom. The average Bonchev–Trinajstić information content (AvgIpc) is 3.03. The quantitative estimate of drug-likeness (QED) is 0.693. The topological polar surface area (TPSA) is 53.4 Å². The molecule has 0 radical (unpaired) electrons. The second-order valence-electron chi connectivity index (χ2n) is 7.18. The van der Waals surface area contributed by atoms with E-state index in [1.165, 1.54) is 0 Å². The first-order valence-corrected chi connectivity index (χ1v) is 10.1. The van der Waals surface area contributed by atoms with Crippen LogP contribution in [0.5, 0.6) is 0 Å². The number of aromatic nitrogens is 2. The molecular weight excluding hydrogens is 386 g/mol. The second-order valence-corrected chi connectivity index (χ2v) is 7.62. The number of benzene rings is 2. The monoisotopic (exact) mass is 409 g/mol. The average molecular weight is 410 g/mol. The van der Waals surface area contributed by atoms with E-state index in [2.05, 4.69) is 29.3 Å². The summed E-state index contributed by atoms with van der Waals surface area (Å²) in [5.74, 6) is 0. The van der Waals surface area contributed by atoms with Crippen molar-refractivity contribution in [3.8, 4) is 5.69 Å². The van der Waals surface area contributed by atoms with Gasteiger partial charge in [-0.05, 0) is 44.2 Å². The fourth-order valence-electron chi connectivity index (χ4n) is 3.81. The molecule has 6 nitrogen and oxygen atoms in total. The molecule has 1 aliphatic rings. The first-order chi connectivity index (χ1) is 14.0. The Morgan fingerprint density at radius 3 is 2.41 bits per heavy atom. The molecule has 1 fully saturated rings. The maximum Gasteiger partial charge on any atom is 0.321 e. The van der Waals surface area contributed by atoms with Crippen LogP contribution in [0.15, 0.2) is 54.6 Å². The van der Waals surface area contributed by atoms with Gasteiger partial charge in [0, 0.05) is 36.9 Å². The van der Waals surface area contributed by atoms with Gasteiger partial charge in [0.1, 0.15) is 0 Å². The van der Waals surface area contributed by atoms with Gasteiger partial charge in [-0.2, -0.15) is 5.10 Å². The van der Waals surface area contributed by atoms with Crippen molar-refractivity contribution in [2.45, 2.75) is 13.8 Å². The number of nitrogens with zero attached hydrogens (tertiary/aromatic N) is 4. The molecule has 2 heterocycles. The summed E-state index contributed by atoms with van der Waals surface area (Å²) in [6.45, 7) is 6.99. The Balaban J connectivity index is 1.43. The van der Waals surface area contributed by atoms with Gasteiger partial charge in [0.15, 0.2) is 0 Å². The number of carbonyl (C=O) groups excluding carboxylic acids is 1. The van der Waals surface area contributed by atoms with Crippen LogP contribution in [0, 0.1) is 13.8 Å². The van der Waals surface area contributed by atoms with Crippen molar-refractivity contribution in [2.24, 2.45) is 0 Å². The van der Waals surface area contributed by atoms with Gasteiger partial charge in [0.25, 0.3) is 0 Å². The van der Waals surface area contributed by atoms with Crippen molar-refractivity contribution in [1.82, 2.24) is 14.7 Å². The van der Waals surface area contributed by atoms with Gasteiger partial charge in [-0.1, -0.05) is 35.9 Å². The molecule has 1 aromatic heterocycles. The minimum absolute atomic E-state index is 0.0969. The SMILES string of the molecule is Cc1nn(-c2ccccc2)c(C)c1N1CCN(C(=O)Nc2cccc(Cl)c2)CC1. The van der Waals surface area contributed by atoms with Gasteiger partial charge in [-0.25, -0.2) is 9.48 Å². The van der Waals surface area contributed by atoms with E-state index in [1.807, 2.05) is 46.8 Å². The summed E-state index contributed by atoms with van der Waals surface area (Å²) in [5, 5.41) is 8.27. The van der Waals surface area contributed by atoms with Crippen LogP contribution in [0.2, 0.25) is 5.02 Å². The Labute approximate surface area is 175 Å². The summed E-state index contributed by atoms with van der Waals surface area (Å²) >= 11 is 6.00. The summed E-state index contributed by atoms with van der Waals surface area (Å²) < 4.78 is 1.99. The first kappa shape index (κ1) is 19.3. The van der Waals surface area contributed by atoms with Gasteiger partial charge >= 0.3 is 6.03 Å². The van der Waals surface area contributed by atoms with Gasteiger partial charge in [0.05, 0.1) is 22.8 Å². The molecule has 150 valence electrons. The molecule has 0 bridgehead atoms. The molecule has 2 amide bonds. The van der Waals surface area contributed by atoms with Crippen LogP contribution in [-0.2, 0) is 0 Å². The molecule has 3 aromatic rings. The van der Waals surface area contributed by atoms with Crippen LogP contribution in [-0.4, -0.2) is 46.9 Å². The summed E-state index contributed by atoms with van der Waals surface area (Å²) in [6, 6.07) is 17.3. The highest BCUT2D eigenvalue weighted by atomic mass is 35.5. The van der Waals surface area contributed by atoms with Crippen molar-refractivity contribution >= 4 is 29.0 Å². The number of piperazine rings is 1. The number of para-hydroxylation sites is 1. The highest BCUT2D eigenvalue weighted by molar-refractivity contribution is 6.30. The molecule has 1 N–H and O–H groups in total. The van der Waals surface area contributed by atoms with Crippen LogP contribution in [0.4, 0.5) is 16.2 Å². The van der Waals surface area contributed by atoms with Gasteiger partial charge in [0.2, 0.25) is 0 Å². The van der Waals surface area contributed by atoms with E-state index in [1.54, 1.807) is 12.1 Å². The van der Waals surface area contributed by atoms with Crippen molar-refractivity contribution in [3.63, 3.8) is 0 Å². The van der Waals surface area contributed by atoms with E-state index < -0.39 is 0 Å². The third-order valence-corrected chi connectivity index (χ3v) is 5.45. The lowest BCUT2D eigenvalue weighted by atomic mass is 10.2. The lowest BCUT2D eigenvalue weighted by molar-refractivity contribution is 0.208. The summed E-state index contributed by atoms with van der Waals surface area (Å²) in [7, 11) is 0. The molecule has 0 unspecified atom stereocenters. The van der Waals surface area contributed by atoms with Crippen molar-refractivity contribution in [3.05, 3.63) is 71.0 Å². The van der Waals surface area contributed by atoms with Gasteiger partial charge < -0.3 is 15.1 Å². The number of hydrogen-bond donors (Lipinski definition) is 1. The summed E-state index contributed by atoms with van der Waals surface area (Å²) in [6.07, 6.45) is 0. The van der Waals surface area contributed by atoms with Crippen molar-refractivity contribution in [1.29, 1.82) is 0 Å². The number of aryl methyl sites for hydroxylation is 1. The van der Waals surface area contributed by atoms with E-state index in [4.69, 9.17) is 16.7 Å². The molecule has 0 spiro atoms. The Bertz CT molecular complexity index is 1010. The maximum absolute atomic E-state index is 12.6. The Hall–Kier alpha value is -2.99. The van der Waals surface area contributed by atoms with E-state index in [9.17, 15) is 4.79 Å². The smallest absolute Gasteiger partial charge is 0.321 e. The van der Waals surface area contributed by atoms with Crippen LogP contribution >= 0.6 is 11.6 Å². The lowest BCUT2D eigenvalue weighted by Crippen LogP contribution is -2.50. The van der Waals surface area contributed by atoms with Crippen LogP contribution in [0.1, 0.15) is 11.4 Å². The molecule has 0 aliphatic carbocycles. The number of anilines is 2. The zero-order valence-corrected chi connectivity index (χ0v) is 17.4. The summed E-state index contributed by atoms with van der Waals surface area (Å²) in [4.78, 5) is 16.7. The van der Waals surface area contributed by atoms with Crippen molar-refractivity contribution in [2.75, 3.05) is 36.4 Å². The van der Waals surface area contributed by atoms with Crippen LogP contribution in [0.25, 0.3) is 5.69 Å². The van der Waals surface area contributed by atoms with Gasteiger partial charge in [-0.3, -0.25) is 0 Å². The fraction of sp³-hybridized carbons (Fsp3) is 0.273. The standard InChI is InChI=1S/C22H24ClN5O/c1-16-21(17(2)28(25-16)20-9-4-3-5-10-20)26-11-13-27(14-12-26)22(29)24-19-8-6-7-18(23)15-19/h3-10,15H,11-14H2,1-2H3,(H,24,29). The van der Waals surface area contributed by atoms with Gasteiger partial charge in [-0.15, -0.1) is 0 Å². The van der Waals surface area contributed by atoms with E-state index >= 15 is 0 Å². The number of rotatable bonds is 3. The molecule has 0 saturated carbocycles. The summed E-state index contributed by atoms with van der Waals surface area (Å²) in [5.41, 5.74) is 5.04. The van der Waals surface area contributed by atoms with Crippen LogP contribution < -0.4 is 10.2 Å². The minimum atomic E-state index is -0.0969. The minimum Gasteiger partial charge on any atom is -0.365 e. The highest BCUT2D eigenvalue weighted by Gasteiger charge is 2.25.